The fourth-order valence-corrected chi connectivity index (χ4v) is 5.42. The molecule has 1 fully saturated rings. The summed E-state index contributed by atoms with van der Waals surface area (Å²) in [7, 11) is -3.16. The first-order chi connectivity index (χ1) is 7.04. The van der Waals surface area contributed by atoms with Gasteiger partial charge in [-0.3, -0.25) is 0 Å². The number of hydrogen-bond acceptors (Lipinski definition) is 3. The molecule has 1 unspecified atom stereocenters. The zero-order chi connectivity index (χ0) is 10.9. The molecule has 1 heterocycles. The van der Waals surface area contributed by atoms with Gasteiger partial charge in [-0.25, -0.2) is 8.42 Å². The Kier molecular flexibility index (Phi) is 3.01. The van der Waals surface area contributed by atoms with Crippen molar-refractivity contribution in [3.8, 4) is 0 Å². The van der Waals surface area contributed by atoms with E-state index in [9.17, 15) is 8.42 Å². The van der Waals surface area contributed by atoms with Crippen LogP contribution in [0.15, 0.2) is 35.2 Å². The maximum Gasteiger partial charge on any atom is 0.195 e. The van der Waals surface area contributed by atoms with E-state index in [1.54, 1.807) is 0 Å². The summed E-state index contributed by atoms with van der Waals surface area (Å²) in [6, 6.07) is 9.41. The molecule has 82 valence electrons. The Morgan fingerprint density at radius 2 is 1.93 bits per heavy atom. The number of alkyl halides is 1. The summed E-state index contributed by atoms with van der Waals surface area (Å²) in [5, 5.41) is 0. The molecule has 0 spiro atoms. The average molecular weight is 263 g/mol. The Bertz CT molecular complexity index is 444. The molecule has 1 saturated heterocycles. The van der Waals surface area contributed by atoms with Gasteiger partial charge in [0.25, 0.3) is 0 Å². The fraction of sp³-hybridized carbons (Fsp3) is 0.400. The highest BCUT2D eigenvalue weighted by Gasteiger charge is 2.47. The third-order valence-corrected chi connectivity index (χ3v) is 7.48. The Morgan fingerprint density at radius 3 is 2.47 bits per heavy atom. The van der Waals surface area contributed by atoms with Crippen LogP contribution in [0, 0.1) is 0 Å². The number of rotatable bonds is 2. The van der Waals surface area contributed by atoms with E-state index < -0.39 is 13.4 Å². The summed E-state index contributed by atoms with van der Waals surface area (Å²) in [5.74, 6) is 0.205. The standard InChI is InChI=1S/C10H11ClO2S2/c11-10(7-4-8-15(10,12)13)14-9-5-2-1-3-6-9/h1-3,5-6H,4,7-8H2. The van der Waals surface area contributed by atoms with E-state index in [0.29, 0.717) is 12.8 Å². The molecule has 1 aromatic carbocycles. The van der Waals surface area contributed by atoms with E-state index in [1.165, 1.54) is 11.8 Å². The molecule has 0 bridgehead atoms. The van der Waals surface area contributed by atoms with Gasteiger partial charge in [-0.15, -0.1) is 0 Å². The summed E-state index contributed by atoms with van der Waals surface area (Å²) in [6.45, 7) is 0. The first kappa shape index (κ1) is 11.3. The molecule has 2 nitrogen and oxygen atoms in total. The molecule has 0 saturated carbocycles. The molecule has 1 aliphatic heterocycles. The summed E-state index contributed by atoms with van der Waals surface area (Å²) >= 11 is 7.41. The van der Waals surface area contributed by atoms with Gasteiger partial charge in [-0.05, 0) is 25.0 Å². The predicted molar refractivity (Wildman–Crippen MR) is 63.9 cm³/mol. The summed E-state index contributed by atoms with van der Waals surface area (Å²) < 4.78 is 22.3. The van der Waals surface area contributed by atoms with Crippen molar-refractivity contribution in [1.29, 1.82) is 0 Å². The van der Waals surface area contributed by atoms with Gasteiger partial charge in [0, 0.05) is 4.90 Å². The first-order valence-electron chi connectivity index (χ1n) is 4.69. The molecule has 15 heavy (non-hydrogen) atoms. The lowest BCUT2D eigenvalue weighted by Crippen LogP contribution is -2.23. The van der Waals surface area contributed by atoms with Crippen molar-refractivity contribution in [3.63, 3.8) is 0 Å². The van der Waals surface area contributed by atoms with E-state index in [0.717, 1.165) is 4.90 Å². The molecule has 2 rings (SSSR count). The minimum atomic E-state index is -3.16. The molecule has 1 aromatic rings. The second-order valence-electron chi connectivity index (χ2n) is 3.50. The lowest BCUT2D eigenvalue weighted by atomic mass is 10.4. The SMILES string of the molecule is O=S1(=O)CCCC1(Cl)Sc1ccccc1. The van der Waals surface area contributed by atoms with Crippen LogP contribution in [0.5, 0.6) is 0 Å². The van der Waals surface area contributed by atoms with Gasteiger partial charge in [0.1, 0.15) is 0 Å². The molecule has 1 atom stereocenters. The van der Waals surface area contributed by atoms with E-state index in [1.807, 2.05) is 30.3 Å². The van der Waals surface area contributed by atoms with Crippen molar-refractivity contribution in [2.45, 2.75) is 21.3 Å². The van der Waals surface area contributed by atoms with Gasteiger partial charge in [0.15, 0.2) is 13.4 Å². The van der Waals surface area contributed by atoms with Crippen molar-refractivity contribution >= 4 is 33.2 Å². The topological polar surface area (TPSA) is 34.1 Å². The third kappa shape index (κ3) is 2.17. The highest BCUT2D eigenvalue weighted by atomic mass is 35.5. The summed E-state index contributed by atoms with van der Waals surface area (Å²) in [5.41, 5.74) is 0. The molecule has 5 heteroatoms. The van der Waals surface area contributed by atoms with Crippen molar-refractivity contribution in [3.05, 3.63) is 30.3 Å². The molecule has 0 aromatic heterocycles. The lowest BCUT2D eigenvalue weighted by Gasteiger charge is -2.19. The van der Waals surface area contributed by atoms with Crippen LogP contribution in [0.4, 0.5) is 0 Å². The Balaban J connectivity index is 2.26. The van der Waals surface area contributed by atoms with E-state index >= 15 is 0 Å². The van der Waals surface area contributed by atoms with Crippen LogP contribution in [0.2, 0.25) is 0 Å². The molecule has 0 amide bonds. The number of halogens is 1. The maximum absolute atomic E-state index is 11.7. The summed E-state index contributed by atoms with van der Waals surface area (Å²) in [4.78, 5) is 0.901. The van der Waals surface area contributed by atoms with E-state index in [4.69, 9.17) is 11.6 Å². The zero-order valence-corrected chi connectivity index (χ0v) is 10.4. The van der Waals surface area contributed by atoms with Gasteiger partial charge in [0.2, 0.25) is 0 Å². The number of thioether (sulfide) groups is 1. The molecule has 0 radical (unpaired) electrons. The number of benzene rings is 1. The Labute approximate surface area is 98.9 Å². The quantitative estimate of drug-likeness (QED) is 0.769. The largest absolute Gasteiger partial charge is 0.226 e. The number of hydrogen-bond donors (Lipinski definition) is 0. The minimum absolute atomic E-state index is 0.205. The van der Waals surface area contributed by atoms with E-state index in [2.05, 4.69) is 0 Å². The van der Waals surface area contributed by atoms with E-state index in [-0.39, 0.29) is 5.75 Å². The highest BCUT2D eigenvalue weighted by Crippen LogP contribution is 2.48. The second kappa shape index (κ2) is 4.00. The van der Waals surface area contributed by atoms with Crippen LogP contribution in [-0.4, -0.2) is 17.7 Å². The third-order valence-electron chi connectivity index (χ3n) is 2.37. The van der Waals surface area contributed by atoms with Gasteiger partial charge in [-0.2, -0.15) is 0 Å². The van der Waals surface area contributed by atoms with Crippen molar-refractivity contribution in [2.24, 2.45) is 0 Å². The molecular weight excluding hydrogens is 252 g/mol. The summed E-state index contributed by atoms with van der Waals surface area (Å²) in [6.07, 6.45) is 1.18. The molecule has 1 aliphatic rings. The van der Waals surface area contributed by atoms with Crippen molar-refractivity contribution in [2.75, 3.05) is 5.75 Å². The van der Waals surface area contributed by atoms with Crippen LogP contribution in [0.1, 0.15) is 12.8 Å². The van der Waals surface area contributed by atoms with Crippen LogP contribution in [-0.2, 0) is 9.84 Å². The maximum atomic E-state index is 11.7. The Morgan fingerprint density at radius 1 is 1.27 bits per heavy atom. The van der Waals surface area contributed by atoms with Gasteiger partial charge < -0.3 is 0 Å². The zero-order valence-electron chi connectivity index (χ0n) is 8.02. The molecule has 0 N–H and O–H groups in total. The normalized spacial score (nSPS) is 29.1. The molecular formula is C10H11ClO2S2. The average Bonchev–Trinajstić information content (AvgIpc) is 2.43. The van der Waals surface area contributed by atoms with Crippen LogP contribution < -0.4 is 0 Å². The van der Waals surface area contributed by atoms with Gasteiger partial charge in [-0.1, -0.05) is 41.6 Å². The van der Waals surface area contributed by atoms with Crippen LogP contribution in [0.25, 0.3) is 0 Å². The highest BCUT2D eigenvalue weighted by molar-refractivity contribution is 8.16. The van der Waals surface area contributed by atoms with Crippen LogP contribution >= 0.6 is 23.4 Å². The monoisotopic (exact) mass is 262 g/mol. The number of sulfone groups is 1. The lowest BCUT2D eigenvalue weighted by molar-refractivity contribution is 0.597. The van der Waals surface area contributed by atoms with Gasteiger partial charge in [0.05, 0.1) is 5.75 Å². The first-order valence-corrected chi connectivity index (χ1v) is 7.53. The van der Waals surface area contributed by atoms with Crippen molar-refractivity contribution in [1.82, 2.24) is 0 Å². The minimum Gasteiger partial charge on any atom is -0.226 e. The molecule has 0 aliphatic carbocycles. The second-order valence-corrected chi connectivity index (χ2v) is 8.56. The fourth-order valence-electron chi connectivity index (χ4n) is 1.56. The Hall–Kier alpha value is -0.190. The van der Waals surface area contributed by atoms with Gasteiger partial charge >= 0.3 is 0 Å². The van der Waals surface area contributed by atoms with Crippen LogP contribution in [0.3, 0.4) is 0 Å². The predicted octanol–water partition coefficient (Wildman–Crippen LogP) is 2.88. The van der Waals surface area contributed by atoms with Crippen molar-refractivity contribution < 1.29 is 8.42 Å². The smallest absolute Gasteiger partial charge is 0.195 e.